The van der Waals surface area contributed by atoms with Crippen LogP contribution in [0.2, 0.25) is 0 Å². The molecule has 1 aromatic rings. The summed E-state index contributed by atoms with van der Waals surface area (Å²) < 4.78 is 16.8. The van der Waals surface area contributed by atoms with E-state index in [1.807, 2.05) is 12.1 Å². The van der Waals surface area contributed by atoms with E-state index in [9.17, 15) is 5.11 Å². The van der Waals surface area contributed by atoms with E-state index in [2.05, 4.69) is 6.92 Å². The summed E-state index contributed by atoms with van der Waals surface area (Å²) in [6.45, 7) is 2.45. The van der Waals surface area contributed by atoms with Crippen molar-refractivity contribution in [3.8, 4) is 17.2 Å². The first-order valence-corrected chi connectivity index (χ1v) is 7.50. The van der Waals surface area contributed by atoms with Crippen LogP contribution < -0.4 is 14.2 Å². The topological polar surface area (TPSA) is 47.9 Å². The van der Waals surface area contributed by atoms with Gasteiger partial charge in [0.15, 0.2) is 11.5 Å². The average molecular weight is 278 g/mol. The largest absolute Gasteiger partial charge is 0.490 e. The molecular formula is C16H22O4. The highest BCUT2D eigenvalue weighted by Gasteiger charge is 2.24. The van der Waals surface area contributed by atoms with Crippen LogP contribution >= 0.6 is 0 Å². The van der Waals surface area contributed by atoms with E-state index in [0.29, 0.717) is 11.5 Å². The van der Waals surface area contributed by atoms with Crippen LogP contribution in [0.25, 0.3) is 0 Å². The Balaban J connectivity index is 1.71. The summed E-state index contributed by atoms with van der Waals surface area (Å²) >= 11 is 0. The summed E-state index contributed by atoms with van der Waals surface area (Å²) in [5, 5.41) is 9.48. The molecule has 3 rings (SSSR count). The third-order valence-electron chi connectivity index (χ3n) is 4.39. The smallest absolute Gasteiger partial charge is 0.231 e. The average Bonchev–Trinajstić information content (AvgIpc) is 2.94. The monoisotopic (exact) mass is 278 g/mol. The summed E-state index contributed by atoms with van der Waals surface area (Å²) in [4.78, 5) is 0. The van der Waals surface area contributed by atoms with Crippen molar-refractivity contribution in [3.05, 3.63) is 17.7 Å². The lowest BCUT2D eigenvalue weighted by Gasteiger charge is -2.29. The highest BCUT2D eigenvalue weighted by molar-refractivity contribution is 5.51. The fourth-order valence-corrected chi connectivity index (χ4v) is 3.04. The van der Waals surface area contributed by atoms with E-state index in [-0.39, 0.29) is 19.5 Å². The lowest BCUT2D eigenvalue weighted by atomic mass is 9.86. The molecule has 0 spiro atoms. The summed E-state index contributed by atoms with van der Waals surface area (Å²) in [5.41, 5.74) is 0.770. The Kier molecular flexibility index (Phi) is 4.01. The Morgan fingerprint density at radius 2 is 1.85 bits per heavy atom. The Bertz CT molecular complexity index is 464. The Morgan fingerprint density at radius 3 is 2.50 bits per heavy atom. The third kappa shape index (κ3) is 2.70. The van der Waals surface area contributed by atoms with Gasteiger partial charge in [-0.25, -0.2) is 0 Å². The first kappa shape index (κ1) is 13.6. The van der Waals surface area contributed by atoms with E-state index >= 15 is 0 Å². The van der Waals surface area contributed by atoms with E-state index in [4.69, 9.17) is 14.2 Å². The molecule has 0 atom stereocenters. The minimum absolute atomic E-state index is 0.0454. The van der Waals surface area contributed by atoms with Gasteiger partial charge in [0.25, 0.3) is 0 Å². The van der Waals surface area contributed by atoms with Crippen LogP contribution in [-0.2, 0) is 6.61 Å². The molecule has 0 aromatic heterocycles. The maximum atomic E-state index is 9.48. The van der Waals surface area contributed by atoms with Crippen LogP contribution in [-0.4, -0.2) is 18.0 Å². The van der Waals surface area contributed by atoms with Crippen molar-refractivity contribution in [2.45, 2.75) is 51.7 Å². The molecule has 0 bridgehead atoms. The number of aliphatic hydroxyl groups is 1. The molecule has 1 aliphatic heterocycles. The molecule has 0 unspecified atom stereocenters. The second-order valence-corrected chi connectivity index (χ2v) is 5.64. The zero-order chi connectivity index (χ0) is 13.9. The summed E-state index contributed by atoms with van der Waals surface area (Å²) in [7, 11) is 0. The van der Waals surface area contributed by atoms with E-state index in [0.717, 1.165) is 30.1 Å². The molecule has 0 radical (unpaired) electrons. The molecule has 2 aliphatic rings. The maximum Gasteiger partial charge on any atom is 0.231 e. The van der Waals surface area contributed by atoms with Gasteiger partial charge >= 0.3 is 0 Å². The highest BCUT2D eigenvalue weighted by Crippen LogP contribution is 2.39. The molecule has 4 heteroatoms. The lowest BCUT2D eigenvalue weighted by molar-refractivity contribution is 0.126. The zero-order valence-corrected chi connectivity index (χ0v) is 11.9. The van der Waals surface area contributed by atoms with Gasteiger partial charge in [0.05, 0.1) is 12.7 Å². The minimum Gasteiger partial charge on any atom is -0.490 e. The SMILES string of the molecule is CCC1CCC(Oc2cc3c(cc2CO)OCO3)CC1. The predicted octanol–water partition coefficient (Wildman–Crippen LogP) is 3.26. The summed E-state index contributed by atoms with van der Waals surface area (Å²) in [5.74, 6) is 2.98. The molecule has 110 valence electrons. The minimum atomic E-state index is -0.0454. The van der Waals surface area contributed by atoms with Gasteiger partial charge in [0, 0.05) is 11.6 Å². The lowest BCUT2D eigenvalue weighted by Crippen LogP contribution is -2.24. The molecule has 1 aromatic carbocycles. The van der Waals surface area contributed by atoms with Crippen LogP contribution in [0.15, 0.2) is 12.1 Å². The molecule has 1 heterocycles. The van der Waals surface area contributed by atoms with Crippen molar-refractivity contribution in [2.24, 2.45) is 5.92 Å². The van der Waals surface area contributed by atoms with E-state index in [1.165, 1.54) is 19.3 Å². The van der Waals surface area contributed by atoms with Crippen LogP contribution in [0.1, 0.15) is 44.6 Å². The molecule has 1 aliphatic carbocycles. The maximum absolute atomic E-state index is 9.48. The van der Waals surface area contributed by atoms with Crippen molar-refractivity contribution in [1.82, 2.24) is 0 Å². The molecule has 1 saturated carbocycles. The van der Waals surface area contributed by atoms with Crippen molar-refractivity contribution in [2.75, 3.05) is 6.79 Å². The number of aliphatic hydroxyl groups excluding tert-OH is 1. The van der Waals surface area contributed by atoms with Crippen molar-refractivity contribution in [3.63, 3.8) is 0 Å². The Morgan fingerprint density at radius 1 is 1.15 bits per heavy atom. The van der Waals surface area contributed by atoms with E-state index in [1.54, 1.807) is 0 Å². The van der Waals surface area contributed by atoms with Crippen LogP contribution in [0, 0.1) is 5.92 Å². The zero-order valence-electron chi connectivity index (χ0n) is 11.9. The van der Waals surface area contributed by atoms with Gasteiger partial charge in [0.2, 0.25) is 6.79 Å². The molecule has 20 heavy (non-hydrogen) atoms. The standard InChI is InChI=1S/C16H22O4/c1-2-11-3-5-13(6-4-11)20-14-8-16-15(18-10-19-16)7-12(14)9-17/h7-8,11,13,17H,2-6,9-10H2,1H3. The number of benzene rings is 1. The first-order valence-electron chi connectivity index (χ1n) is 7.50. The molecule has 4 nitrogen and oxygen atoms in total. The number of ether oxygens (including phenoxy) is 3. The molecule has 0 amide bonds. The van der Waals surface area contributed by atoms with Gasteiger partial charge in [-0.3, -0.25) is 0 Å². The normalized spacial score (nSPS) is 24.7. The van der Waals surface area contributed by atoms with Crippen LogP contribution in [0.3, 0.4) is 0 Å². The number of hydrogen-bond donors (Lipinski definition) is 1. The summed E-state index contributed by atoms with van der Waals surface area (Å²) in [6, 6.07) is 3.66. The van der Waals surface area contributed by atoms with Crippen molar-refractivity contribution < 1.29 is 19.3 Å². The number of hydrogen-bond acceptors (Lipinski definition) is 4. The second-order valence-electron chi connectivity index (χ2n) is 5.64. The van der Waals surface area contributed by atoms with Gasteiger partial charge in [-0.1, -0.05) is 13.3 Å². The van der Waals surface area contributed by atoms with Gasteiger partial charge in [-0.05, 0) is 37.7 Å². The molecule has 1 fully saturated rings. The Labute approximate surface area is 119 Å². The second kappa shape index (κ2) is 5.92. The van der Waals surface area contributed by atoms with Crippen LogP contribution in [0.4, 0.5) is 0 Å². The molecule has 0 saturated heterocycles. The number of fused-ring (bicyclic) bond motifs is 1. The number of rotatable bonds is 4. The fraction of sp³-hybridized carbons (Fsp3) is 0.625. The van der Waals surface area contributed by atoms with Gasteiger partial charge in [-0.15, -0.1) is 0 Å². The van der Waals surface area contributed by atoms with Gasteiger partial charge in [-0.2, -0.15) is 0 Å². The van der Waals surface area contributed by atoms with Crippen molar-refractivity contribution >= 4 is 0 Å². The fourth-order valence-electron chi connectivity index (χ4n) is 3.04. The van der Waals surface area contributed by atoms with E-state index < -0.39 is 0 Å². The highest BCUT2D eigenvalue weighted by atomic mass is 16.7. The Hall–Kier alpha value is -1.42. The molecule has 1 N–H and O–H groups in total. The third-order valence-corrected chi connectivity index (χ3v) is 4.39. The first-order chi connectivity index (χ1) is 9.80. The molecular weight excluding hydrogens is 256 g/mol. The van der Waals surface area contributed by atoms with Gasteiger partial charge in [0.1, 0.15) is 5.75 Å². The summed E-state index contributed by atoms with van der Waals surface area (Å²) in [6.07, 6.45) is 6.18. The quantitative estimate of drug-likeness (QED) is 0.918. The predicted molar refractivity (Wildman–Crippen MR) is 75.2 cm³/mol. The van der Waals surface area contributed by atoms with Crippen molar-refractivity contribution in [1.29, 1.82) is 0 Å². The van der Waals surface area contributed by atoms with Gasteiger partial charge < -0.3 is 19.3 Å². The van der Waals surface area contributed by atoms with Crippen LogP contribution in [0.5, 0.6) is 17.2 Å².